The average molecular weight is 304 g/mol. The molecule has 0 unspecified atom stereocenters. The lowest BCUT2D eigenvalue weighted by Crippen LogP contribution is -2.50. The molecule has 1 aliphatic rings. The van der Waals surface area contributed by atoms with Gasteiger partial charge in [0.05, 0.1) is 0 Å². The van der Waals surface area contributed by atoms with Crippen LogP contribution in [0.15, 0.2) is 24.5 Å². The zero-order valence-corrected chi connectivity index (χ0v) is 13.3. The van der Waals surface area contributed by atoms with Crippen molar-refractivity contribution >= 4 is 11.9 Å². The third kappa shape index (κ3) is 3.96. The van der Waals surface area contributed by atoms with E-state index in [1.165, 1.54) is 0 Å². The van der Waals surface area contributed by atoms with E-state index in [1.54, 1.807) is 29.4 Å². The molecule has 0 aliphatic carbocycles. The first-order valence-electron chi connectivity index (χ1n) is 7.90. The van der Waals surface area contributed by atoms with Crippen LogP contribution < -0.4 is 5.32 Å². The van der Waals surface area contributed by atoms with Crippen molar-refractivity contribution in [1.82, 2.24) is 20.1 Å². The molecule has 1 aromatic heterocycles. The molecular formula is C16H24N4O2. The maximum absolute atomic E-state index is 12.3. The summed E-state index contributed by atoms with van der Waals surface area (Å²) in [6.45, 7) is 6.70. The highest BCUT2D eigenvalue weighted by atomic mass is 16.2. The lowest BCUT2D eigenvalue weighted by atomic mass is 10.0. The Morgan fingerprint density at radius 3 is 2.36 bits per heavy atom. The Hall–Kier alpha value is -2.11. The minimum Gasteiger partial charge on any atom is -0.338 e. The molecule has 22 heavy (non-hydrogen) atoms. The van der Waals surface area contributed by atoms with E-state index in [9.17, 15) is 9.59 Å². The summed E-state index contributed by atoms with van der Waals surface area (Å²) in [4.78, 5) is 31.9. The Bertz CT molecular complexity index is 494. The van der Waals surface area contributed by atoms with Crippen LogP contribution in [0.3, 0.4) is 0 Å². The van der Waals surface area contributed by atoms with E-state index in [0.29, 0.717) is 31.7 Å². The first kappa shape index (κ1) is 16.3. The summed E-state index contributed by atoms with van der Waals surface area (Å²) in [6.07, 6.45) is 4.85. The topological polar surface area (TPSA) is 65.5 Å². The van der Waals surface area contributed by atoms with Gasteiger partial charge in [0.15, 0.2) is 0 Å². The van der Waals surface area contributed by atoms with Gasteiger partial charge in [-0.2, -0.15) is 0 Å². The molecule has 0 radical (unpaired) electrons. The second kappa shape index (κ2) is 7.77. The van der Waals surface area contributed by atoms with Crippen molar-refractivity contribution in [2.75, 3.05) is 26.2 Å². The molecule has 2 heterocycles. The number of amides is 3. The number of pyridine rings is 1. The molecule has 1 fully saturated rings. The molecular weight excluding hydrogens is 280 g/mol. The predicted octanol–water partition coefficient (Wildman–Crippen LogP) is 1.74. The molecule has 0 atom stereocenters. The van der Waals surface area contributed by atoms with Gasteiger partial charge in [-0.25, -0.2) is 4.79 Å². The van der Waals surface area contributed by atoms with Gasteiger partial charge in [0.25, 0.3) is 5.91 Å². The van der Waals surface area contributed by atoms with Crippen LogP contribution >= 0.6 is 0 Å². The monoisotopic (exact) mass is 304 g/mol. The van der Waals surface area contributed by atoms with Crippen LogP contribution in [0.2, 0.25) is 0 Å². The number of likely N-dealkylation sites (tertiary alicyclic amines) is 1. The molecule has 0 bridgehead atoms. The van der Waals surface area contributed by atoms with E-state index in [4.69, 9.17) is 0 Å². The highest BCUT2D eigenvalue weighted by Gasteiger charge is 2.25. The normalized spacial score (nSPS) is 15.5. The number of nitrogens with zero attached hydrogens (tertiary/aromatic N) is 3. The van der Waals surface area contributed by atoms with E-state index < -0.39 is 0 Å². The number of rotatable bonds is 4. The third-order valence-electron chi connectivity index (χ3n) is 4.09. The van der Waals surface area contributed by atoms with Crippen LogP contribution in [-0.4, -0.2) is 58.9 Å². The highest BCUT2D eigenvalue weighted by molar-refractivity contribution is 5.94. The summed E-state index contributed by atoms with van der Waals surface area (Å²) in [5, 5.41) is 3.06. The summed E-state index contributed by atoms with van der Waals surface area (Å²) < 4.78 is 0. The minimum absolute atomic E-state index is 0.0103. The molecule has 1 saturated heterocycles. The largest absolute Gasteiger partial charge is 0.338 e. The molecule has 3 amide bonds. The van der Waals surface area contributed by atoms with Gasteiger partial charge >= 0.3 is 6.03 Å². The van der Waals surface area contributed by atoms with E-state index in [1.807, 2.05) is 18.7 Å². The van der Waals surface area contributed by atoms with Crippen LogP contribution in [0.4, 0.5) is 4.79 Å². The average Bonchev–Trinajstić information content (AvgIpc) is 2.57. The number of carbonyl (C=O) groups excluding carboxylic acids is 2. The van der Waals surface area contributed by atoms with Crippen LogP contribution in [0.25, 0.3) is 0 Å². The van der Waals surface area contributed by atoms with Crippen molar-refractivity contribution < 1.29 is 9.59 Å². The molecule has 6 nitrogen and oxygen atoms in total. The molecule has 1 aliphatic heterocycles. The van der Waals surface area contributed by atoms with Crippen molar-refractivity contribution in [3.8, 4) is 0 Å². The molecule has 1 N–H and O–H groups in total. The lowest BCUT2D eigenvalue weighted by molar-refractivity contribution is 0.0706. The van der Waals surface area contributed by atoms with Gasteiger partial charge in [-0.3, -0.25) is 9.78 Å². The predicted molar refractivity (Wildman–Crippen MR) is 84.6 cm³/mol. The van der Waals surface area contributed by atoms with Gasteiger partial charge in [0.2, 0.25) is 0 Å². The van der Waals surface area contributed by atoms with Crippen molar-refractivity contribution in [2.24, 2.45) is 0 Å². The zero-order chi connectivity index (χ0) is 15.9. The van der Waals surface area contributed by atoms with Gasteiger partial charge in [0, 0.05) is 50.2 Å². The lowest BCUT2D eigenvalue weighted by Gasteiger charge is -2.33. The van der Waals surface area contributed by atoms with Crippen molar-refractivity contribution in [3.05, 3.63) is 30.1 Å². The van der Waals surface area contributed by atoms with E-state index >= 15 is 0 Å². The van der Waals surface area contributed by atoms with Crippen molar-refractivity contribution in [1.29, 1.82) is 0 Å². The van der Waals surface area contributed by atoms with E-state index in [0.717, 1.165) is 12.8 Å². The maximum Gasteiger partial charge on any atom is 0.317 e. The number of aromatic nitrogens is 1. The molecule has 0 saturated carbocycles. The smallest absolute Gasteiger partial charge is 0.317 e. The quantitative estimate of drug-likeness (QED) is 0.921. The Balaban J connectivity index is 1.83. The van der Waals surface area contributed by atoms with Gasteiger partial charge in [-0.15, -0.1) is 0 Å². The van der Waals surface area contributed by atoms with E-state index in [2.05, 4.69) is 10.3 Å². The van der Waals surface area contributed by atoms with Crippen molar-refractivity contribution in [2.45, 2.75) is 32.7 Å². The first-order chi connectivity index (χ1) is 10.7. The van der Waals surface area contributed by atoms with Gasteiger partial charge in [-0.1, -0.05) is 0 Å². The van der Waals surface area contributed by atoms with Crippen LogP contribution in [0.1, 0.15) is 37.0 Å². The summed E-state index contributed by atoms with van der Waals surface area (Å²) in [7, 11) is 0. The van der Waals surface area contributed by atoms with Crippen LogP contribution in [0.5, 0.6) is 0 Å². The molecule has 6 heteroatoms. The second-order valence-electron chi connectivity index (χ2n) is 5.42. The number of carbonyl (C=O) groups is 2. The van der Waals surface area contributed by atoms with Crippen molar-refractivity contribution in [3.63, 3.8) is 0 Å². The number of urea groups is 1. The van der Waals surface area contributed by atoms with E-state index in [-0.39, 0.29) is 18.0 Å². The number of piperidine rings is 1. The summed E-state index contributed by atoms with van der Waals surface area (Å²) in [5.74, 6) is 0.0379. The van der Waals surface area contributed by atoms with Crippen LogP contribution in [-0.2, 0) is 0 Å². The third-order valence-corrected chi connectivity index (χ3v) is 4.09. The number of hydrogen-bond donors (Lipinski definition) is 1. The summed E-state index contributed by atoms with van der Waals surface area (Å²) >= 11 is 0. The van der Waals surface area contributed by atoms with Gasteiger partial charge in [0.1, 0.15) is 0 Å². The Labute approximate surface area is 131 Å². The Morgan fingerprint density at radius 1 is 1.23 bits per heavy atom. The Kier molecular flexibility index (Phi) is 5.75. The number of hydrogen-bond acceptors (Lipinski definition) is 3. The molecule has 1 aromatic rings. The zero-order valence-electron chi connectivity index (χ0n) is 13.3. The molecule has 0 aromatic carbocycles. The molecule has 120 valence electrons. The highest BCUT2D eigenvalue weighted by Crippen LogP contribution is 2.14. The second-order valence-corrected chi connectivity index (χ2v) is 5.42. The Morgan fingerprint density at radius 2 is 1.82 bits per heavy atom. The van der Waals surface area contributed by atoms with Gasteiger partial charge < -0.3 is 15.1 Å². The SMILES string of the molecule is CCN(CC)C(=O)NC1CCN(C(=O)c2ccncc2)CC1. The fraction of sp³-hybridized carbons (Fsp3) is 0.562. The fourth-order valence-electron chi connectivity index (χ4n) is 2.68. The summed E-state index contributed by atoms with van der Waals surface area (Å²) in [5.41, 5.74) is 0.667. The standard InChI is InChI=1S/C16H24N4O2/c1-3-19(4-2)16(22)18-14-7-11-20(12-8-14)15(21)13-5-9-17-10-6-13/h5-6,9-10,14H,3-4,7-8,11-12H2,1-2H3,(H,18,22). The fourth-order valence-corrected chi connectivity index (χ4v) is 2.68. The first-order valence-corrected chi connectivity index (χ1v) is 7.90. The van der Waals surface area contributed by atoms with Crippen LogP contribution in [0, 0.1) is 0 Å². The molecule has 2 rings (SSSR count). The number of nitrogens with one attached hydrogen (secondary N) is 1. The maximum atomic E-state index is 12.3. The molecule has 0 spiro atoms. The summed E-state index contributed by atoms with van der Waals surface area (Å²) in [6, 6.07) is 3.60. The van der Waals surface area contributed by atoms with Gasteiger partial charge in [-0.05, 0) is 38.8 Å². The minimum atomic E-state index is -0.0103.